The first-order valence-corrected chi connectivity index (χ1v) is 7.46. The number of nitrogens with two attached hydrogens (primary N) is 1. The molecule has 0 aliphatic carbocycles. The van der Waals surface area contributed by atoms with E-state index in [1.807, 2.05) is 4.90 Å². The number of primary amides is 1. The Kier molecular flexibility index (Phi) is 5.19. The topological polar surface area (TPSA) is 98.7 Å². The molecule has 1 aliphatic rings. The second-order valence-corrected chi connectivity index (χ2v) is 5.44. The van der Waals surface area contributed by atoms with Gasteiger partial charge >= 0.3 is 5.69 Å². The first-order valence-electron chi connectivity index (χ1n) is 7.46. The van der Waals surface area contributed by atoms with Crippen molar-refractivity contribution in [1.29, 1.82) is 0 Å². The molecular weight excluding hydrogens is 286 g/mol. The van der Waals surface area contributed by atoms with Crippen LogP contribution < -0.4 is 15.4 Å². The minimum Gasteiger partial charge on any atom is -0.487 e. The van der Waals surface area contributed by atoms with E-state index in [0.29, 0.717) is 25.3 Å². The molecular formula is C15H21N3O4. The molecule has 1 aliphatic heterocycles. The lowest BCUT2D eigenvalue weighted by atomic mass is 9.94. The number of piperidine rings is 1. The molecule has 1 amide bonds. The number of anilines is 1. The van der Waals surface area contributed by atoms with Crippen LogP contribution >= 0.6 is 0 Å². The maximum Gasteiger partial charge on any atom is 0.333 e. The van der Waals surface area contributed by atoms with E-state index in [1.165, 1.54) is 0 Å². The average Bonchev–Trinajstić information content (AvgIpc) is 2.46. The van der Waals surface area contributed by atoms with Gasteiger partial charge in [0.1, 0.15) is 5.69 Å². The SMILES string of the molecule is CCOc1cccc(N2CCCC(CC(N)=O)C2)c1[N+](=O)[O-]. The number of para-hydroxylation sites is 1. The molecule has 1 atom stereocenters. The molecule has 0 saturated carbocycles. The summed E-state index contributed by atoms with van der Waals surface area (Å²) in [5.74, 6) is 0.0908. The molecule has 120 valence electrons. The van der Waals surface area contributed by atoms with Crippen LogP contribution in [0.4, 0.5) is 11.4 Å². The fourth-order valence-electron chi connectivity index (χ4n) is 2.96. The zero-order valence-electron chi connectivity index (χ0n) is 12.7. The lowest BCUT2D eigenvalue weighted by molar-refractivity contribution is -0.385. The largest absolute Gasteiger partial charge is 0.487 e. The summed E-state index contributed by atoms with van der Waals surface area (Å²) in [6.45, 7) is 3.49. The molecule has 22 heavy (non-hydrogen) atoms. The first kappa shape index (κ1) is 16.1. The Morgan fingerprint density at radius 2 is 2.32 bits per heavy atom. The van der Waals surface area contributed by atoms with E-state index in [0.717, 1.165) is 19.4 Å². The van der Waals surface area contributed by atoms with Crippen LogP contribution in [0, 0.1) is 16.0 Å². The summed E-state index contributed by atoms with van der Waals surface area (Å²) in [6, 6.07) is 5.09. The monoisotopic (exact) mass is 307 g/mol. The van der Waals surface area contributed by atoms with Crippen molar-refractivity contribution in [1.82, 2.24) is 0 Å². The van der Waals surface area contributed by atoms with E-state index in [2.05, 4.69) is 0 Å². The third kappa shape index (κ3) is 3.66. The number of ether oxygens (including phenoxy) is 1. The molecule has 7 nitrogen and oxygen atoms in total. The van der Waals surface area contributed by atoms with Gasteiger partial charge in [0, 0.05) is 19.5 Å². The third-order valence-corrected chi connectivity index (χ3v) is 3.81. The molecule has 1 aromatic carbocycles. The zero-order chi connectivity index (χ0) is 16.1. The van der Waals surface area contributed by atoms with Gasteiger partial charge in [-0.15, -0.1) is 0 Å². The summed E-state index contributed by atoms with van der Waals surface area (Å²) in [5.41, 5.74) is 5.80. The van der Waals surface area contributed by atoms with Crippen LogP contribution in [0.1, 0.15) is 26.2 Å². The van der Waals surface area contributed by atoms with Crippen molar-refractivity contribution in [2.24, 2.45) is 11.7 Å². The number of benzene rings is 1. The quantitative estimate of drug-likeness (QED) is 0.641. The number of rotatable bonds is 6. The Bertz CT molecular complexity index is 562. The van der Waals surface area contributed by atoms with Crippen molar-refractivity contribution in [3.63, 3.8) is 0 Å². The number of nitro benzene ring substituents is 1. The summed E-state index contributed by atoms with van der Waals surface area (Å²) >= 11 is 0. The summed E-state index contributed by atoms with van der Waals surface area (Å²) in [7, 11) is 0. The fraction of sp³-hybridized carbons (Fsp3) is 0.533. The minimum atomic E-state index is -0.405. The molecule has 0 bridgehead atoms. The van der Waals surface area contributed by atoms with Crippen LogP contribution in [0.2, 0.25) is 0 Å². The molecule has 1 saturated heterocycles. The normalized spacial score (nSPS) is 18.0. The maximum absolute atomic E-state index is 11.4. The van der Waals surface area contributed by atoms with Crippen LogP contribution in [-0.4, -0.2) is 30.5 Å². The van der Waals surface area contributed by atoms with Gasteiger partial charge in [-0.1, -0.05) is 6.07 Å². The number of nitrogens with zero attached hydrogens (tertiary/aromatic N) is 2. The summed E-state index contributed by atoms with van der Waals surface area (Å²) < 4.78 is 5.38. The Morgan fingerprint density at radius 1 is 1.55 bits per heavy atom. The highest BCUT2D eigenvalue weighted by molar-refractivity contribution is 5.74. The lowest BCUT2D eigenvalue weighted by Crippen LogP contribution is -2.37. The van der Waals surface area contributed by atoms with Crippen molar-refractivity contribution >= 4 is 17.3 Å². The summed E-state index contributed by atoms with van der Waals surface area (Å²) in [4.78, 5) is 24.1. The van der Waals surface area contributed by atoms with E-state index < -0.39 is 4.92 Å². The van der Waals surface area contributed by atoms with Gasteiger partial charge in [0.15, 0.2) is 5.75 Å². The molecule has 7 heteroatoms. The Hall–Kier alpha value is -2.31. The van der Waals surface area contributed by atoms with Crippen LogP contribution in [0.5, 0.6) is 5.75 Å². The van der Waals surface area contributed by atoms with E-state index >= 15 is 0 Å². The van der Waals surface area contributed by atoms with Crippen molar-refractivity contribution in [2.45, 2.75) is 26.2 Å². The Balaban J connectivity index is 2.29. The summed E-state index contributed by atoms with van der Waals surface area (Å²) in [5, 5.41) is 11.4. The van der Waals surface area contributed by atoms with Gasteiger partial charge in [-0.05, 0) is 37.8 Å². The van der Waals surface area contributed by atoms with Gasteiger partial charge < -0.3 is 15.4 Å². The smallest absolute Gasteiger partial charge is 0.333 e. The minimum absolute atomic E-state index is 0.0101. The van der Waals surface area contributed by atoms with Crippen molar-refractivity contribution in [2.75, 3.05) is 24.6 Å². The van der Waals surface area contributed by atoms with Gasteiger partial charge in [0.05, 0.1) is 11.5 Å². The van der Waals surface area contributed by atoms with E-state index in [4.69, 9.17) is 10.5 Å². The first-order chi connectivity index (χ1) is 10.5. The fourth-order valence-corrected chi connectivity index (χ4v) is 2.96. The van der Waals surface area contributed by atoms with E-state index in [-0.39, 0.29) is 23.3 Å². The van der Waals surface area contributed by atoms with Gasteiger partial charge in [-0.2, -0.15) is 0 Å². The molecule has 1 aromatic rings. The number of carbonyl (C=O) groups is 1. The van der Waals surface area contributed by atoms with Crippen molar-refractivity contribution in [3.05, 3.63) is 28.3 Å². The predicted octanol–water partition coefficient (Wildman–Crippen LogP) is 2.09. The Morgan fingerprint density at radius 3 is 2.95 bits per heavy atom. The second-order valence-electron chi connectivity index (χ2n) is 5.44. The second kappa shape index (κ2) is 7.11. The highest BCUT2D eigenvalue weighted by atomic mass is 16.6. The number of hydrogen-bond acceptors (Lipinski definition) is 5. The maximum atomic E-state index is 11.4. The summed E-state index contributed by atoms with van der Waals surface area (Å²) in [6.07, 6.45) is 2.11. The van der Waals surface area contributed by atoms with Gasteiger partial charge in [-0.25, -0.2) is 0 Å². The Labute approximate surface area is 129 Å². The lowest BCUT2D eigenvalue weighted by Gasteiger charge is -2.33. The predicted molar refractivity (Wildman–Crippen MR) is 83.0 cm³/mol. The molecule has 0 aromatic heterocycles. The van der Waals surface area contributed by atoms with E-state index in [9.17, 15) is 14.9 Å². The molecule has 0 spiro atoms. The van der Waals surface area contributed by atoms with Crippen LogP contribution in [-0.2, 0) is 4.79 Å². The van der Waals surface area contributed by atoms with Crippen molar-refractivity contribution in [3.8, 4) is 5.75 Å². The number of carbonyl (C=O) groups excluding carboxylic acids is 1. The molecule has 1 unspecified atom stereocenters. The molecule has 1 heterocycles. The highest BCUT2D eigenvalue weighted by Crippen LogP contribution is 2.39. The average molecular weight is 307 g/mol. The standard InChI is InChI=1S/C15H21N3O4/c1-2-22-13-7-3-6-12(15(13)18(20)21)17-8-4-5-11(10-17)9-14(16)19/h3,6-7,11H,2,4-5,8-10H2,1H3,(H2,16,19). The molecule has 2 rings (SSSR count). The number of nitro groups is 1. The van der Waals surface area contributed by atoms with Crippen molar-refractivity contribution < 1.29 is 14.5 Å². The van der Waals surface area contributed by atoms with Gasteiger partial charge in [-0.3, -0.25) is 14.9 Å². The number of hydrogen-bond donors (Lipinski definition) is 1. The molecule has 2 N–H and O–H groups in total. The van der Waals surface area contributed by atoms with Crippen LogP contribution in [0.3, 0.4) is 0 Å². The van der Waals surface area contributed by atoms with Crippen LogP contribution in [0.15, 0.2) is 18.2 Å². The van der Waals surface area contributed by atoms with Crippen LogP contribution in [0.25, 0.3) is 0 Å². The zero-order valence-corrected chi connectivity index (χ0v) is 12.7. The van der Waals surface area contributed by atoms with Gasteiger partial charge in [0.2, 0.25) is 5.91 Å². The number of amides is 1. The van der Waals surface area contributed by atoms with E-state index in [1.54, 1.807) is 25.1 Å². The molecule has 0 radical (unpaired) electrons. The molecule has 1 fully saturated rings. The third-order valence-electron chi connectivity index (χ3n) is 3.81. The van der Waals surface area contributed by atoms with Gasteiger partial charge in [0.25, 0.3) is 0 Å². The highest BCUT2D eigenvalue weighted by Gasteiger charge is 2.29.